The van der Waals surface area contributed by atoms with Crippen LogP contribution >= 0.6 is 23.2 Å². The monoisotopic (exact) mass is 183 g/mol. The maximum absolute atomic E-state index is 10.9. The maximum atomic E-state index is 10.9. The number of nitrogens with zero attached hydrogens (tertiary/aromatic N) is 1. The topological polar surface area (TPSA) is 29.5 Å². The molecule has 1 fully saturated rings. The van der Waals surface area contributed by atoms with E-state index in [2.05, 4.69) is 0 Å². The van der Waals surface area contributed by atoms with E-state index in [-0.39, 0.29) is 5.91 Å². The molecule has 0 spiro atoms. The Labute approximate surface area is 68.8 Å². The van der Waals surface area contributed by atoms with Gasteiger partial charge in [-0.25, -0.2) is 0 Å². The SMILES string of the molecule is O=C(C(Cl)Cl)N1CCOC1. The number of hydrogen-bond donors (Lipinski definition) is 0. The largest absolute Gasteiger partial charge is 0.359 e. The molecule has 0 aromatic carbocycles. The third-order valence-electron chi connectivity index (χ3n) is 1.25. The van der Waals surface area contributed by atoms with Gasteiger partial charge in [0.05, 0.1) is 6.61 Å². The van der Waals surface area contributed by atoms with Crippen LogP contribution < -0.4 is 0 Å². The zero-order chi connectivity index (χ0) is 7.56. The number of ether oxygens (including phenoxy) is 1. The van der Waals surface area contributed by atoms with E-state index in [1.54, 1.807) is 0 Å². The van der Waals surface area contributed by atoms with Gasteiger partial charge in [0.15, 0.2) is 4.84 Å². The minimum atomic E-state index is -0.957. The molecule has 0 aromatic rings. The quantitative estimate of drug-likeness (QED) is 0.558. The van der Waals surface area contributed by atoms with Gasteiger partial charge in [-0.2, -0.15) is 0 Å². The normalized spacial score (nSPS) is 18.5. The molecule has 0 N–H and O–H groups in total. The van der Waals surface area contributed by atoms with E-state index in [4.69, 9.17) is 27.9 Å². The molecule has 1 rings (SSSR count). The number of amides is 1. The van der Waals surface area contributed by atoms with Gasteiger partial charge in [0.2, 0.25) is 0 Å². The summed E-state index contributed by atoms with van der Waals surface area (Å²) in [5.41, 5.74) is 0. The van der Waals surface area contributed by atoms with Crippen molar-refractivity contribution in [2.24, 2.45) is 0 Å². The van der Waals surface area contributed by atoms with E-state index in [9.17, 15) is 4.79 Å². The van der Waals surface area contributed by atoms with Crippen molar-refractivity contribution in [1.82, 2.24) is 4.90 Å². The van der Waals surface area contributed by atoms with Gasteiger partial charge in [0.25, 0.3) is 5.91 Å². The van der Waals surface area contributed by atoms with Crippen LogP contribution in [0, 0.1) is 0 Å². The van der Waals surface area contributed by atoms with Gasteiger partial charge < -0.3 is 9.64 Å². The summed E-state index contributed by atoms with van der Waals surface area (Å²) in [6, 6.07) is 0. The van der Waals surface area contributed by atoms with Gasteiger partial charge in [-0.3, -0.25) is 4.79 Å². The predicted molar refractivity (Wildman–Crippen MR) is 38.0 cm³/mol. The highest BCUT2D eigenvalue weighted by Gasteiger charge is 2.23. The Morgan fingerprint density at radius 1 is 1.60 bits per heavy atom. The van der Waals surface area contributed by atoms with Crippen LogP contribution in [0.1, 0.15) is 0 Å². The van der Waals surface area contributed by atoms with E-state index in [0.29, 0.717) is 19.9 Å². The van der Waals surface area contributed by atoms with Gasteiger partial charge >= 0.3 is 0 Å². The van der Waals surface area contributed by atoms with Gasteiger partial charge in [-0.15, -0.1) is 0 Å². The number of carbonyl (C=O) groups is 1. The molecule has 58 valence electrons. The minimum absolute atomic E-state index is 0.277. The van der Waals surface area contributed by atoms with Crippen LogP contribution in [0.25, 0.3) is 0 Å². The first kappa shape index (κ1) is 8.11. The summed E-state index contributed by atoms with van der Waals surface area (Å²) in [4.78, 5) is 11.4. The van der Waals surface area contributed by atoms with E-state index in [0.717, 1.165) is 0 Å². The molecule has 10 heavy (non-hydrogen) atoms. The average Bonchev–Trinajstić information content (AvgIpc) is 2.36. The van der Waals surface area contributed by atoms with Crippen molar-refractivity contribution in [2.45, 2.75) is 4.84 Å². The Morgan fingerprint density at radius 3 is 2.70 bits per heavy atom. The molecule has 1 aliphatic heterocycles. The van der Waals surface area contributed by atoms with Crippen molar-refractivity contribution in [3.05, 3.63) is 0 Å². The van der Waals surface area contributed by atoms with Crippen molar-refractivity contribution in [3.8, 4) is 0 Å². The molecule has 1 saturated heterocycles. The summed E-state index contributed by atoms with van der Waals surface area (Å²) < 4.78 is 4.92. The van der Waals surface area contributed by atoms with Crippen LogP contribution in [0.4, 0.5) is 0 Å². The second-order valence-electron chi connectivity index (χ2n) is 1.94. The molecule has 0 unspecified atom stereocenters. The molecule has 0 bridgehead atoms. The first-order valence-electron chi connectivity index (χ1n) is 2.86. The van der Waals surface area contributed by atoms with Crippen LogP contribution in [0.15, 0.2) is 0 Å². The Hall–Kier alpha value is 0.01000. The van der Waals surface area contributed by atoms with Gasteiger partial charge in [0, 0.05) is 6.54 Å². The Balaban J connectivity index is 2.40. The van der Waals surface area contributed by atoms with Crippen LogP contribution in [0.5, 0.6) is 0 Å². The number of halogens is 2. The lowest BCUT2D eigenvalue weighted by Crippen LogP contribution is -2.32. The van der Waals surface area contributed by atoms with E-state index in [1.807, 2.05) is 0 Å². The highest BCUT2D eigenvalue weighted by Crippen LogP contribution is 2.09. The molecule has 0 saturated carbocycles. The zero-order valence-electron chi connectivity index (χ0n) is 5.22. The smallest absolute Gasteiger partial charge is 0.257 e. The zero-order valence-corrected chi connectivity index (χ0v) is 6.73. The van der Waals surface area contributed by atoms with E-state index in [1.165, 1.54) is 4.90 Å². The van der Waals surface area contributed by atoms with Crippen LogP contribution in [-0.2, 0) is 9.53 Å². The predicted octanol–water partition coefficient (Wildman–Crippen LogP) is 0.606. The summed E-state index contributed by atoms with van der Waals surface area (Å²) in [6.45, 7) is 1.48. The van der Waals surface area contributed by atoms with E-state index >= 15 is 0 Å². The van der Waals surface area contributed by atoms with Crippen molar-refractivity contribution in [3.63, 3.8) is 0 Å². The molecule has 1 aliphatic rings. The highest BCUT2D eigenvalue weighted by atomic mass is 35.5. The summed E-state index contributed by atoms with van der Waals surface area (Å²) >= 11 is 10.7. The minimum Gasteiger partial charge on any atom is -0.359 e. The number of carbonyl (C=O) groups excluding carboxylic acids is 1. The standard InChI is InChI=1S/C5H7Cl2NO2/c6-4(7)5(9)8-1-2-10-3-8/h4H,1-3H2. The molecule has 1 amide bonds. The molecular weight excluding hydrogens is 177 g/mol. The van der Waals surface area contributed by atoms with Crippen LogP contribution in [-0.4, -0.2) is 35.5 Å². The van der Waals surface area contributed by atoms with E-state index < -0.39 is 4.84 Å². The second kappa shape index (κ2) is 3.42. The van der Waals surface area contributed by atoms with Crippen molar-refractivity contribution in [1.29, 1.82) is 0 Å². The lowest BCUT2D eigenvalue weighted by Gasteiger charge is -2.12. The molecule has 0 atom stereocenters. The number of rotatable bonds is 1. The summed E-state index contributed by atoms with van der Waals surface area (Å²) in [5.74, 6) is -0.277. The molecule has 0 radical (unpaired) electrons. The number of alkyl halides is 2. The first-order valence-corrected chi connectivity index (χ1v) is 3.74. The number of hydrogen-bond acceptors (Lipinski definition) is 2. The maximum Gasteiger partial charge on any atom is 0.257 e. The summed E-state index contributed by atoms with van der Waals surface area (Å²) in [6.07, 6.45) is 0. The summed E-state index contributed by atoms with van der Waals surface area (Å²) in [5, 5.41) is 0. The Morgan fingerprint density at radius 2 is 2.30 bits per heavy atom. The lowest BCUT2D eigenvalue weighted by atomic mass is 10.5. The van der Waals surface area contributed by atoms with Crippen molar-refractivity contribution >= 4 is 29.1 Å². The van der Waals surface area contributed by atoms with Gasteiger partial charge in [-0.1, -0.05) is 23.2 Å². The Kier molecular flexibility index (Phi) is 2.77. The lowest BCUT2D eigenvalue weighted by molar-refractivity contribution is -0.129. The van der Waals surface area contributed by atoms with Crippen LogP contribution in [0.2, 0.25) is 0 Å². The fourth-order valence-electron chi connectivity index (χ4n) is 0.726. The average molecular weight is 184 g/mol. The second-order valence-corrected chi connectivity index (χ2v) is 3.04. The third-order valence-corrected chi connectivity index (χ3v) is 1.62. The highest BCUT2D eigenvalue weighted by molar-refractivity contribution is 6.53. The van der Waals surface area contributed by atoms with Crippen molar-refractivity contribution < 1.29 is 9.53 Å². The molecule has 0 aromatic heterocycles. The first-order chi connectivity index (χ1) is 4.72. The third kappa shape index (κ3) is 1.75. The Bertz CT molecular complexity index is 134. The fraction of sp³-hybridized carbons (Fsp3) is 0.800. The summed E-state index contributed by atoms with van der Waals surface area (Å²) in [7, 11) is 0. The van der Waals surface area contributed by atoms with Gasteiger partial charge in [0.1, 0.15) is 6.73 Å². The van der Waals surface area contributed by atoms with Crippen molar-refractivity contribution in [2.75, 3.05) is 19.9 Å². The molecule has 5 heteroatoms. The molecule has 3 nitrogen and oxygen atoms in total. The fourth-order valence-corrected chi connectivity index (χ4v) is 1.00. The molecule has 0 aliphatic carbocycles. The van der Waals surface area contributed by atoms with Crippen LogP contribution in [0.3, 0.4) is 0 Å². The molecule has 1 heterocycles. The molecular formula is C5H7Cl2NO2. The van der Waals surface area contributed by atoms with Gasteiger partial charge in [-0.05, 0) is 0 Å².